The topological polar surface area (TPSA) is 60.9 Å². The molecule has 0 aliphatic carbocycles. The van der Waals surface area contributed by atoms with Gasteiger partial charge in [0, 0.05) is 13.5 Å². The zero-order valence-corrected chi connectivity index (χ0v) is 8.01. The van der Waals surface area contributed by atoms with Gasteiger partial charge in [0.05, 0.1) is 18.2 Å². The molecule has 84 valence electrons. The maximum absolute atomic E-state index is 11.8. The van der Waals surface area contributed by atoms with Gasteiger partial charge in [-0.25, -0.2) is 0 Å². The van der Waals surface area contributed by atoms with E-state index in [9.17, 15) is 18.0 Å². The number of nitrogen functional groups attached to an aromatic ring is 1. The van der Waals surface area contributed by atoms with Crippen LogP contribution in [0.4, 0.5) is 19.0 Å². The first-order valence-corrected chi connectivity index (χ1v) is 4.18. The smallest absolute Gasteiger partial charge is 0.383 e. The van der Waals surface area contributed by atoms with Gasteiger partial charge >= 0.3 is 6.18 Å². The van der Waals surface area contributed by atoms with Gasteiger partial charge in [-0.1, -0.05) is 0 Å². The fraction of sp³-hybridized carbons (Fsp3) is 0.500. The molecular weight excluding hydrogens is 211 g/mol. The molecule has 0 spiro atoms. The number of carbonyl (C=O) groups is 1. The zero-order valence-electron chi connectivity index (χ0n) is 8.01. The minimum Gasteiger partial charge on any atom is -0.383 e. The predicted molar refractivity (Wildman–Crippen MR) is 47.2 cm³/mol. The van der Waals surface area contributed by atoms with Gasteiger partial charge in [-0.05, 0) is 0 Å². The average Bonchev–Trinajstić information content (AvgIpc) is 2.43. The molecule has 0 aliphatic heterocycles. The molecule has 0 saturated heterocycles. The number of aromatic nitrogens is 2. The van der Waals surface area contributed by atoms with Crippen LogP contribution in [0.1, 0.15) is 23.2 Å². The molecule has 0 saturated carbocycles. The largest absolute Gasteiger partial charge is 0.389 e. The number of nitrogens with two attached hydrogens (primary N) is 1. The minimum atomic E-state index is -4.33. The van der Waals surface area contributed by atoms with E-state index in [0.29, 0.717) is 0 Å². The molecule has 0 fully saturated rings. The molecule has 0 amide bonds. The van der Waals surface area contributed by atoms with Gasteiger partial charge in [-0.2, -0.15) is 18.3 Å². The Morgan fingerprint density at radius 2 is 2.20 bits per heavy atom. The van der Waals surface area contributed by atoms with Crippen LogP contribution in [0.5, 0.6) is 0 Å². The van der Waals surface area contributed by atoms with Gasteiger partial charge in [0.1, 0.15) is 5.82 Å². The number of hydrogen-bond donors (Lipinski definition) is 1. The van der Waals surface area contributed by atoms with E-state index in [2.05, 4.69) is 5.10 Å². The predicted octanol–water partition coefficient (Wildman–Crippen LogP) is 1.53. The van der Waals surface area contributed by atoms with Crippen molar-refractivity contribution in [3.05, 3.63) is 11.8 Å². The summed E-state index contributed by atoms with van der Waals surface area (Å²) >= 11 is 0. The van der Waals surface area contributed by atoms with E-state index in [1.165, 1.54) is 17.9 Å². The highest BCUT2D eigenvalue weighted by atomic mass is 19.4. The second kappa shape index (κ2) is 3.92. The molecule has 0 unspecified atom stereocenters. The molecule has 0 radical (unpaired) electrons. The first-order chi connectivity index (χ1) is 6.81. The van der Waals surface area contributed by atoms with Crippen LogP contribution in [0.3, 0.4) is 0 Å². The Balaban J connectivity index is 2.66. The maximum atomic E-state index is 11.8. The van der Waals surface area contributed by atoms with E-state index in [1.807, 2.05) is 0 Å². The number of aryl methyl sites for hydroxylation is 1. The Morgan fingerprint density at radius 1 is 1.60 bits per heavy atom. The number of anilines is 1. The molecule has 7 heteroatoms. The molecule has 4 nitrogen and oxygen atoms in total. The normalized spacial score (nSPS) is 11.7. The molecule has 0 bridgehead atoms. The van der Waals surface area contributed by atoms with Crippen molar-refractivity contribution >= 4 is 11.6 Å². The first-order valence-electron chi connectivity index (χ1n) is 4.18. The summed E-state index contributed by atoms with van der Waals surface area (Å²) in [5, 5.41) is 3.67. The summed E-state index contributed by atoms with van der Waals surface area (Å²) in [6, 6.07) is 0. The summed E-state index contributed by atoms with van der Waals surface area (Å²) in [5.74, 6) is -0.555. The van der Waals surface area contributed by atoms with Crippen LogP contribution >= 0.6 is 0 Å². The monoisotopic (exact) mass is 221 g/mol. The third kappa shape index (κ3) is 2.97. The highest BCUT2D eigenvalue weighted by Crippen LogP contribution is 2.23. The van der Waals surface area contributed by atoms with Gasteiger partial charge in [0.15, 0.2) is 5.78 Å². The van der Waals surface area contributed by atoms with Crippen molar-refractivity contribution < 1.29 is 18.0 Å². The molecule has 2 N–H and O–H groups in total. The van der Waals surface area contributed by atoms with Crippen LogP contribution in [-0.4, -0.2) is 21.7 Å². The summed E-state index contributed by atoms with van der Waals surface area (Å²) in [5.41, 5.74) is 5.48. The number of alkyl halides is 3. The standard InChI is InChI=1S/C8H10F3N3O/c1-14-7(12)5(4-13-14)6(15)2-3-8(9,10)11/h4H,2-3,12H2,1H3. The number of hydrogen-bond acceptors (Lipinski definition) is 3. The molecule has 1 heterocycles. The third-order valence-electron chi connectivity index (χ3n) is 1.92. The molecule has 15 heavy (non-hydrogen) atoms. The van der Waals surface area contributed by atoms with Crippen molar-refractivity contribution in [2.45, 2.75) is 19.0 Å². The molecule has 1 aromatic rings. The molecule has 0 atom stereocenters. The van der Waals surface area contributed by atoms with E-state index in [4.69, 9.17) is 5.73 Å². The number of rotatable bonds is 3. The number of halogens is 3. The van der Waals surface area contributed by atoms with Crippen LogP contribution < -0.4 is 5.73 Å². The van der Waals surface area contributed by atoms with Crippen molar-refractivity contribution in [2.75, 3.05) is 5.73 Å². The van der Waals surface area contributed by atoms with Crippen LogP contribution in [0.2, 0.25) is 0 Å². The van der Waals surface area contributed by atoms with Crippen molar-refractivity contribution in [3.63, 3.8) is 0 Å². The van der Waals surface area contributed by atoms with E-state index in [0.717, 1.165) is 0 Å². The second-order valence-corrected chi connectivity index (χ2v) is 3.11. The number of carbonyl (C=O) groups excluding carboxylic acids is 1. The second-order valence-electron chi connectivity index (χ2n) is 3.11. The van der Waals surface area contributed by atoms with E-state index in [-0.39, 0.29) is 11.4 Å². The highest BCUT2D eigenvalue weighted by molar-refractivity contribution is 5.99. The lowest BCUT2D eigenvalue weighted by Gasteiger charge is -2.04. The fourth-order valence-electron chi connectivity index (χ4n) is 1.05. The van der Waals surface area contributed by atoms with E-state index in [1.54, 1.807) is 0 Å². The quantitative estimate of drug-likeness (QED) is 0.787. The Kier molecular flexibility index (Phi) is 3.01. The summed E-state index contributed by atoms with van der Waals surface area (Å²) in [4.78, 5) is 11.3. The van der Waals surface area contributed by atoms with Crippen LogP contribution in [0.15, 0.2) is 6.20 Å². The van der Waals surface area contributed by atoms with Crippen LogP contribution in [-0.2, 0) is 7.05 Å². The highest BCUT2D eigenvalue weighted by Gasteiger charge is 2.28. The van der Waals surface area contributed by atoms with Gasteiger partial charge < -0.3 is 5.73 Å². The van der Waals surface area contributed by atoms with E-state index >= 15 is 0 Å². The number of Topliss-reactive ketones (excluding diaryl/α,β-unsaturated/α-hetero) is 1. The third-order valence-corrected chi connectivity index (χ3v) is 1.92. The average molecular weight is 221 g/mol. The Hall–Kier alpha value is -1.53. The molecule has 0 aromatic carbocycles. The van der Waals surface area contributed by atoms with Crippen molar-refractivity contribution in [1.82, 2.24) is 9.78 Å². The molecule has 1 rings (SSSR count). The Bertz CT molecular complexity index is 370. The minimum absolute atomic E-state index is 0.0433. The SMILES string of the molecule is Cn1ncc(C(=O)CCC(F)(F)F)c1N. The summed E-state index contributed by atoms with van der Waals surface area (Å²) in [7, 11) is 1.51. The van der Waals surface area contributed by atoms with Crippen molar-refractivity contribution in [1.29, 1.82) is 0 Å². The van der Waals surface area contributed by atoms with Gasteiger partial charge in [-0.3, -0.25) is 9.48 Å². The lowest BCUT2D eigenvalue weighted by Crippen LogP contribution is -2.12. The Labute approximate surface area is 83.9 Å². The lowest BCUT2D eigenvalue weighted by molar-refractivity contribution is -0.133. The van der Waals surface area contributed by atoms with E-state index < -0.39 is 24.8 Å². The lowest BCUT2D eigenvalue weighted by atomic mass is 10.1. The number of ketones is 1. The van der Waals surface area contributed by atoms with Gasteiger partial charge in [0.25, 0.3) is 0 Å². The van der Waals surface area contributed by atoms with Gasteiger partial charge in [0.2, 0.25) is 0 Å². The van der Waals surface area contributed by atoms with Gasteiger partial charge in [-0.15, -0.1) is 0 Å². The first kappa shape index (κ1) is 11.5. The van der Waals surface area contributed by atoms with Crippen molar-refractivity contribution in [2.24, 2.45) is 7.05 Å². The van der Waals surface area contributed by atoms with Crippen LogP contribution in [0.25, 0.3) is 0 Å². The molecule has 1 aromatic heterocycles. The number of nitrogens with zero attached hydrogens (tertiary/aromatic N) is 2. The Morgan fingerprint density at radius 3 is 2.60 bits per heavy atom. The van der Waals surface area contributed by atoms with Crippen molar-refractivity contribution in [3.8, 4) is 0 Å². The van der Waals surface area contributed by atoms with Crippen LogP contribution in [0, 0.1) is 0 Å². The summed E-state index contributed by atoms with van der Waals surface area (Å²) < 4.78 is 36.7. The zero-order chi connectivity index (χ0) is 11.6. The summed E-state index contributed by atoms with van der Waals surface area (Å²) in [6.07, 6.45) is -4.89. The fourth-order valence-corrected chi connectivity index (χ4v) is 1.05. The molecular formula is C8H10F3N3O. The molecule has 0 aliphatic rings. The maximum Gasteiger partial charge on any atom is 0.389 e. The summed E-state index contributed by atoms with van der Waals surface area (Å²) in [6.45, 7) is 0.